The average molecular weight is 287 g/mol. The van der Waals surface area contributed by atoms with Crippen molar-refractivity contribution in [1.29, 1.82) is 0 Å². The van der Waals surface area contributed by atoms with Crippen LogP contribution in [0.15, 0.2) is 0 Å². The van der Waals surface area contributed by atoms with Gasteiger partial charge in [-0.1, -0.05) is 6.42 Å². The van der Waals surface area contributed by atoms with Gasteiger partial charge in [-0.05, 0) is 40.2 Å². The molecule has 0 heterocycles. The van der Waals surface area contributed by atoms with Gasteiger partial charge in [0.1, 0.15) is 5.60 Å². The fourth-order valence-electron chi connectivity index (χ4n) is 1.53. The molecule has 0 aromatic rings. The first-order chi connectivity index (χ1) is 9.35. The van der Waals surface area contributed by atoms with Crippen molar-refractivity contribution >= 4 is 12.0 Å². The second-order valence-electron chi connectivity index (χ2n) is 5.66. The molecular formula is C14H29N3O3. The summed E-state index contributed by atoms with van der Waals surface area (Å²) in [6.45, 7) is 7.67. The summed E-state index contributed by atoms with van der Waals surface area (Å²) >= 11 is 0. The SMILES string of the molecule is CNC(=O)CCCCCNCCNC(=O)OC(C)(C)C. The van der Waals surface area contributed by atoms with Gasteiger partial charge in [-0.25, -0.2) is 4.79 Å². The molecule has 0 spiro atoms. The van der Waals surface area contributed by atoms with Crippen LogP contribution in [-0.4, -0.2) is 44.3 Å². The van der Waals surface area contributed by atoms with Crippen LogP contribution < -0.4 is 16.0 Å². The zero-order valence-electron chi connectivity index (χ0n) is 13.2. The third kappa shape index (κ3) is 13.1. The lowest BCUT2D eigenvalue weighted by atomic mass is 10.2. The Kier molecular flexibility index (Phi) is 9.80. The molecule has 0 rings (SSSR count). The van der Waals surface area contributed by atoms with Gasteiger partial charge in [-0.2, -0.15) is 0 Å². The van der Waals surface area contributed by atoms with Crippen molar-refractivity contribution in [3.8, 4) is 0 Å². The molecule has 6 heteroatoms. The zero-order chi connectivity index (χ0) is 15.4. The first kappa shape index (κ1) is 18.7. The van der Waals surface area contributed by atoms with Crippen molar-refractivity contribution in [2.24, 2.45) is 0 Å². The molecule has 0 saturated heterocycles. The van der Waals surface area contributed by atoms with E-state index in [0.717, 1.165) is 25.8 Å². The largest absolute Gasteiger partial charge is 0.444 e. The number of hydrogen-bond acceptors (Lipinski definition) is 4. The van der Waals surface area contributed by atoms with E-state index < -0.39 is 5.60 Å². The van der Waals surface area contributed by atoms with Crippen molar-refractivity contribution in [2.75, 3.05) is 26.7 Å². The minimum atomic E-state index is -0.456. The Morgan fingerprint density at radius 3 is 2.30 bits per heavy atom. The molecular weight excluding hydrogens is 258 g/mol. The lowest BCUT2D eigenvalue weighted by Crippen LogP contribution is -2.36. The number of ether oxygens (including phenoxy) is 1. The number of unbranched alkanes of at least 4 members (excludes halogenated alkanes) is 2. The number of alkyl carbamates (subject to hydrolysis) is 1. The highest BCUT2D eigenvalue weighted by atomic mass is 16.6. The Morgan fingerprint density at radius 2 is 1.70 bits per heavy atom. The summed E-state index contributed by atoms with van der Waals surface area (Å²) in [6.07, 6.45) is 3.18. The van der Waals surface area contributed by atoms with E-state index in [-0.39, 0.29) is 12.0 Å². The molecule has 0 radical (unpaired) electrons. The number of hydrogen-bond donors (Lipinski definition) is 3. The summed E-state index contributed by atoms with van der Waals surface area (Å²) in [6, 6.07) is 0. The van der Waals surface area contributed by atoms with Crippen molar-refractivity contribution in [2.45, 2.75) is 52.1 Å². The normalized spacial score (nSPS) is 11.0. The van der Waals surface area contributed by atoms with E-state index in [9.17, 15) is 9.59 Å². The summed E-state index contributed by atoms with van der Waals surface area (Å²) in [4.78, 5) is 22.3. The highest BCUT2D eigenvalue weighted by molar-refractivity contribution is 5.75. The molecule has 0 aliphatic heterocycles. The van der Waals surface area contributed by atoms with E-state index in [0.29, 0.717) is 19.5 Å². The van der Waals surface area contributed by atoms with Crippen LogP contribution in [0.4, 0.5) is 4.79 Å². The fraction of sp³-hybridized carbons (Fsp3) is 0.857. The summed E-state index contributed by atoms with van der Waals surface area (Å²) in [5.74, 6) is 0.0968. The minimum Gasteiger partial charge on any atom is -0.444 e. The molecule has 0 atom stereocenters. The molecule has 0 fully saturated rings. The maximum Gasteiger partial charge on any atom is 0.407 e. The molecule has 3 N–H and O–H groups in total. The molecule has 6 nitrogen and oxygen atoms in total. The molecule has 0 aliphatic carbocycles. The molecule has 0 aliphatic rings. The average Bonchev–Trinajstić information content (AvgIpc) is 2.34. The van der Waals surface area contributed by atoms with Crippen LogP contribution in [0.3, 0.4) is 0 Å². The van der Waals surface area contributed by atoms with Gasteiger partial charge in [0, 0.05) is 26.6 Å². The summed E-state index contributed by atoms with van der Waals surface area (Å²) in [5.41, 5.74) is -0.456. The number of carbonyl (C=O) groups is 2. The predicted octanol–water partition coefficient (Wildman–Crippen LogP) is 1.41. The quantitative estimate of drug-likeness (QED) is 0.560. The Morgan fingerprint density at radius 1 is 1.00 bits per heavy atom. The van der Waals surface area contributed by atoms with Gasteiger partial charge in [-0.3, -0.25) is 4.79 Å². The van der Waals surface area contributed by atoms with Gasteiger partial charge in [0.05, 0.1) is 0 Å². The van der Waals surface area contributed by atoms with E-state index in [1.807, 2.05) is 20.8 Å². The Bertz CT molecular complexity index is 288. The van der Waals surface area contributed by atoms with Gasteiger partial charge in [-0.15, -0.1) is 0 Å². The van der Waals surface area contributed by atoms with Crippen molar-refractivity contribution in [1.82, 2.24) is 16.0 Å². The van der Waals surface area contributed by atoms with Gasteiger partial charge in [0.15, 0.2) is 0 Å². The molecule has 20 heavy (non-hydrogen) atoms. The first-order valence-corrected chi connectivity index (χ1v) is 7.23. The van der Waals surface area contributed by atoms with E-state index in [1.165, 1.54) is 0 Å². The monoisotopic (exact) mass is 287 g/mol. The first-order valence-electron chi connectivity index (χ1n) is 7.23. The van der Waals surface area contributed by atoms with Crippen LogP contribution in [0, 0.1) is 0 Å². The third-order valence-electron chi connectivity index (χ3n) is 2.51. The maximum atomic E-state index is 11.3. The lowest BCUT2D eigenvalue weighted by Gasteiger charge is -2.19. The molecule has 0 saturated carbocycles. The smallest absolute Gasteiger partial charge is 0.407 e. The van der Waals surface area contributed by atoms with E-state index in [4.69, 9.17) is 4.74 Å². The molecule has 118 valence electrons. The lowest BCUT2D eigenvalue weighted by molar-refractivity contribution is -0.120. The Balaban J connectivity index is 3.29. The Hall–Kier alpha value is -1.30. The molecule has 2 amide bonds. The zero-order valence-corrected chi connectivity index (χ0v) is 13.2. The number of amides is 2. The number of rotatable bonds is 9. The number of nitrogens with one attached hydrogen (secondary N) is 3. The topological polar surface area (TPSA) is 79.5 Å². The van der Waals surface area contributed by atoms with E-state index in [1.54, 1.807) is 7.05 Å². The van der Waals surface area contributed by atoms with Crippen molar-refractivity contribution in [3.63, 3.8) is 0 Å². The van der Waals surface area contributed by atoms with Gasteiger partial charge in [0.25, 0.3) is 0 Å². The molecule has 0 unspecified atom stereocenters. The third-order valence-corrected chi connectivity index (χ3v) is 2.51. The van der Waals surface area contributed by atoms with E-state index >= 15 is 0 Å². The van der Waals surface area contributed by atoms with Crippen LogP contribution in [0.5, 0.6) is 0 Å². The summed E-state index contributed by atoms with van der Waals surface area (Å²) in [5, 5.41) is 8.53. The minimum absolute atomic E-state index is 0.0968. The standard InChI is InChI=1S/C14H29N3O3/c1-14(2,3)20-13(19)17-11-10-16-9-7-5-6-8-12(18)15-4/h16H,5-11H2,1-4H3,(H,15,18)(H,17,19). The van der Waals surface area contributed by atoms with Crippen molar-refractivity contribution < 1.29 is 14.3 Å². The highest BCUT2D eigenvalue weighted by Gasteiger charge is 2.15. The van der Waals surface area contributed by atoms with E-state index in [2.05, 4.69) is 16.0 Å². The maximum absolute atomic E-state index is 11.3. The second-order valence-corrected chi connectivity index (χ2v) is 5.66. The fourth-order valence-corrected chi connectivity index (χ4v) is 1.53. The van der Waals surface area contributed by atoms with Crippen LogP contribution in [0.2, 0.25) is 0 Å². The van der Waals surface area contributed by atoms with Crippen LogP contribution in [0.25, 0.3) is 0 Å². The highest BCUT2D eigenvalue weighted by Crippen LogP contribution is 2.05. The number of carbonyl (C=O) groups excluding carboxylic acids is 2. The van der Waals surface area contributed by atoms with Crippen molar-refractivity contribution in [3.05, 3.63) is 0 Å². The van der Waals surface area contributed by atoms with Crippen LogP contribution >= 0.6 is 0 Å². The van der Waals surface area contributed by atoms with Crippen LogP contribution in [0.1, 0.15) is 46.5 Å². The Labute approximate surface area is 122 Å². The van der Waals surface area contributed by atoms with Crippen LogP contribution in [-0.2, 0) is 9.53 Å². The summed E-state index contributed by atoms with van der Waals surface area (Å²) in [7, 11) is 1.65. The molecule has 0 bridgehead atoms. The van der Waals surface area contributed by atoms with Gasteiger partial charge >= 0.3 is 6.09 Å². The van der Waals surface area contributed by atoms with Gasteiger partial charge < -0.3 is 20.7 Å². The molecule has 0 aromatic heterocycles. The summed E-state index contributed by atoms with van der Waals surface area (Å²) < 4.78 is 5.11. The second kappa shape index (κ2) is 10.5. The predicted molar refractivity (Wildman–Crippen MR) is 79.6 cm³/mol. The van der Waals surface area contributed by atoms with Gasteiger partial charge in [0.2, 0.25) is 5.91 Å². The molecule has 0 aromatic carbocycles.